The Hall–Kier alpha value is -1.21. The van der Waals surface area contributed by atoms with Crippen LogP contribution in [0.3, 0.4) is 0 Å². The number of nitrogens with zero attached hydrogens (tertiary/aromatic N) is 2. The molecule has 0 spiro atoms. The topological polar surface area (TPSA) is 54.0 Å². The first kappa shape index (κ1) is 20.1. The molecule has 1 aromatic rings. The van der Waals surface area contributed by atoms with Crippen LogP contribution in [-0.2, 0) is 4.84 Å². The lowest BCUT2D eigenvalue weighted by molar-refractivity contribution is -0.127. The van der Waals surface area contributed by atoms with E-state index in [0.717, 1.165) is 31.5 Å². The summed E-state index contributed by atoms with van der Waals surface area (Å²) < 4.78 is 5.15. The second kappa shape index (κ2) is 8.94. The summed E-state index contributed by atoms with van der Waals surface area (Å²) in [7, 11) is 5.12. The van der Waals surface area contributed by atoms with Gasteiger partial charge in [-0.3, -0.25) is 4.84 Å². The number of hydrogen-bond acceptors (Lipinski definition) is 4. The zero-order chi connectivity index (χ0) is 18.6. The number of piperidine rings is 1. The molecule has 1 aromatic carbocycles. The molecule has 8 heteroatoms. The number of hydrogen-bond donors (Lipinski definition) is 1. The monoisotopic (exact) mass is 389 g/mol. The van der Waals surface area contributed by atoms with Crippen molar-refractivity contribution in [3.63, 3.8) is 0 Å². The van der Waals surface area contributed by atoms with Crippen LogP contribution in [-0.4, -0.2) is 56.4 Å². The summed E-state index contributed by atoms with van der Waals surface area (Å²) in [5.41, 5.74) is 0.722. The van der Waals surface area contributed by atoms with Gasteiger partial charge in [0.2, 0.25) is 0 Å². The highest BCUT2D eigenvalue weighted by Crippen LogP contribution is 2.37. The number of carbonyl (C=O) groups excluding carboxylic acids is 1. The fourth-order valence-electron chi connectivity index (χ4n) is 2.99. The predicted molar refractivity (Wildman–Crippen MR) is 99.3 cm³/mol. The summed E-state index contributed by atoms with van der Waals surface area (Å²) in [5.74, 6) is 0.499. The zero-order valence-electron chi connectivity index (χ0n) is 15.0. The van der Waals surface area contributed by atoms with Gasteiger partial charge in [0.1, 0.15) is 10.8 Å². The Labute approximate surface area is 158 Å². The van der Waals surface area contributed by atoms with Crippen molar-refractivity contribution in [1.82, 2.24) is 15.3 Å². The van der Waals surface area contributed by atoms with Gasteiger partial charge in [-0.25, -0.2) is 9.86 Å². The van der Waals surface area contributed by atoms with Crippen molar-refractivity contribution in [3.05, 3.63) is 27.7 Å². The number of halogens is 2. The molecule has 1 aliphatic heterocycles. The van der Waals surface area contributed by atoms with Gasteiger partial charge in [0.05, 0.1) is 31.3 Å². The average molecular weight is 390 g/mol. The van der Waals surface area contributed by atoms with Crippen LogP contribution in [0.2, 0.25) is 10.0 Å². The van der Waals surface area contributed by atoms with Crippen molar-refractivity contribution in [3.8, 4) is 5.75 Å². The molecular formula is C17H25Cl2N3O3. The van der Waals surface area contributed by atoms with E-state index in [1.165, 1.54) is 19.3 Å². The summed E-state index contributed by atoms with van der Waals surface area (Å²) in [6.45, 7) is 3.73. The van der Waals surface area contributed by atoms with Gasteiger partial charge in [0.15, 0.2) is 0 Å². The Bertz CT molecular complexity index is 607. The maximum Gasteiger partial charge on any atom is 0.342 e. The molecule has 1 fully saturated rings. The molecule has 0 bridgehead atoms. The van der Waals surface area contributed by atoms with Crippen LogP contribution in [0.1, 0.15) is 31.4 Å². The van der Waals surface area contributed by atoms with Gasteiger partial charge in [-0.1, -0.05) is 29.3 Å². The Morgan fingerprint density at radius 3 is 2.48 bits per heavy atom. The minimum atomic E-state index is -0.327. The number of ether oxygens (including phenoxy) is 1. The van der Waals surface area contributed by atoms with Gasteiger partial charge in [-0.15, -0.1) is 0 Å². The quantitative estimate of drug-likeness (QED) is 0.779. The molecule has 0 saturated carbocycles. The predicted octanol–water partition coefficient (Wildman–Crippen LogP) is 3.73. The Balaban J connectivity index is 2.07. The van der Waals surface area contributed by atoms with E-state index in [9.17, 15) is 4.79 Å². The first-order valence-electron chi connectivity index (χ1n) is 8.23. The highest BCUT2D eigenvalue weighted by molar-refractivity contribution is 6.43. The van der Waals surface area contributed by atoms with Crippen molar-refractivity contribution in [2.75, 3.05) is 34.4 Å². The van der Waals surface area contributed by atoms with Crippen LogP contribution >= 0.6 is 23.2 Å². The maximum absolute atomic E-state index is 12.6. The summed E-state index contributed by atoms with van der Waals surface area (Å²) in [4.78, 5) is 20.2. The minimum Gasteiger partial charge on any atom is -0.495 e. The van der Waals surface area contributed by atoms with E-state index >= 15 is 0 Å². The van der Waals surface area contributed by atoms with Crippen LogP contribution in [0.4, 0.5) is 4.79 Å². The second-order valence-corrected chi connectivity index (χ2v) is 6.95. The van der Waals surface area contributed by atoms with E-state index < -0.39 is 0 Å². The largest absolute Gasteiger partial charge is 0.495 e. The number of rotatable bonds is 5. The molecule has 6 nitrogen and oxygen atoms in total. The van der Waals surface area contributed by atoms with Crippen LogP contribution in [0.15, 0.2) is 12.1 Å². The van der Waals surface area contributed by atoms with Gasteiger partial charge in [-0.05, 0) is 51.5 Å². The van der Waals surface area contributed by atoms with Gasteiger partial charge < -0.3 is 15.0 Å². The van der Waals surface area contributed by atoms with Crippen LogP contribution in [0.25, 0.3) is 0 Å². The number of likely N-dealkylation sites (tertiary alicyclic amines) is 1. The number of nitrogens with one attached hydrogen (secondary N) is 1. The van der Waals surface area contributed by atoms with Crippen LogP contribution in [0, 0.1) is 0 Å². The Kier molecular flexibility index (Phi) is 7.19. The van der Waals surface area contributed by atoms with Crippen LogP contribution in [0.5, 0.6) is 5.75 Å². The third-order valence-corrected chi connectivity index (χ3v) is 5.40. The van der Waals surface area contributed by atoms with Gasteiger partial charge in [0, 0.05) is 0 Å². The first-order chi connectivity index (χ1) is 11.9. The molecule has 0 unspecified atom stereocenters. The molecule has 0 aliphatic carbocycles. The molecule has 0 radical (unpaired) electrons. The highest BCUT2D eigenvalue weighted by atomic mass is 35.5. The molecule has 1 saturated heterocycles. The standard InChI is InChI=1S/C17H25Cl2N3O3/c1-11(13-5-6-14(24-3)16(19)15(13)18)20-17(23)22(25-4)12-7-9-21(2)10-8-12/h5-6,11-12H,7-10H2,1-4H3,(H,20,23)/t11-/m1/s1. The molecule has 2 rings (SSSR count). The number of amides is 2. The van der Waals surface area contributed by atoms with Crippen LogP contribution < -0.4 is 10.1 Å². The van der Waals surface area contributed by atoms with Crippen molar-refractivity contribution in [2.24, 2.45) is 0 Å². The SMILES string of the molecule is COc1ccc([C@@H](C)NC(=O)N(OC)C2CCN(C)CC2)c(Cl)c1Cl. The molecule has 25 heavy (non-hydrogen) atoms. The zero-order valence-corrected chi connectivity index (χ0v) is 16.5. The average Bonchev–Trinajstić information content (AvgIpc) is 2.59. The highest BCUT2D eigenvalue weighted by Gasteiger charge is 2.28. The van der Waals surface area contributed by atoms with E-state index in [1.807, 2.05) is 6.92 Å². The van der Waals surface area contributed by atoms with E-state index in [0.29, 0.717) is 15.8 Å². The minimum absolute atomic E-state index is 0.0586. The lowest BCUT2D eigenvalue weighted by atomic mass is 10.1. The van der Waals surface area contributed by atoms with Gasteiger partial charge >= 0.3 is 6.03 Å². The second-order valence-electron chi connectivity index (χ2n) is 6.20. The molecule has 1 N–H and O–H groups in total. The smallest absolute Gasteiger partial charge is 0.342 e. The number of carbonyl (C=O) groups is 1. The van der Waals surface area contributed by atoms with E-state index in [-0.39, 0.29) is 18.1 Å². The maximum atomic E-state index is 12.6. The molecule has 2 amide bonds. The fourth-order valence-corrected chi connectivity index (χ4v) is 3.56. The van der Waals surface area contributed by atoms with Gasteiger partial charge in [-0.2, -0.15) is 0 Å². The summed E-state index contributed by atoms with van der Waals surface area (Å²) in [5, 5.41) is 5.05. The van der Waals surface area contributed by atoms with Crippen molar-refractivity contribution >= 4 is 29.2 Å². The Morgan fingerprint density at radius 2 is 1.92 bits per heavy atom. The molecule has 1 aliphatic rings. The van der Waals surface area contributed by atoms with Crippen molar-refractivity contribution in [2.45, 2.75) is 31.8 Å². The number of benzene rings is 1. The molecule has 140 valence electrons. The summed E-state index contributed by atoms with van der Waals surface area (Å²) in [6, 6.07) is 2.98. The molecule has 1 atom stereocenters. The summed E-state index contributed by atoms with van der Waals surface area (Å²) >= 11 is 12.5. The van der Waals surface area contributed by atoms with E-state index in [4.69, 9.17) is 32.8 Å². The van der Waals surface area contributed by atoms with Crippen molar-refractivity contribution in [1.29, 1.82) is 0 Å². The van der Waals surface area contributed by atoms with E-state index in [2.05, 4.69) is 17.3 Å². The normalized spacial score (nSPS) is 17.2. The molecule has 0 aromatic heterocycles. The van der Waals surface area contributed by atoms with Crippen molar-refractivity contribution < 1.29 is 14.4 Å². The number of methoxy groups -OCH3 is 1. The molecular weight excluding hydrogens is 365 g/mol. The Morgan fingerprint density at radius 1 is 1.28 bits per heavy atom. The van der Waals surface area contributed by atoms with Gasteiger partial charge in [0.25, 0.3) is 0 Å². The van der Waals surface area contributed by atoms with E-state index in [1.54, 1.807) is 12.1 Å². The number of hydroxylamine groups is 2. The third kappa shape index (κ3) is 4.70. The first-order valence-corrected chi connectivity index (χ1v) is 8.98. The molecule has 1 heterocycles. The lowest BCUT2D eigenvalue weighted by Crippen LogP contribution is -2.50. The third-order valence-electron chi connectivity index (χ3n) is 4.52. The fraction of sp³-hybridized carbons (Fsp3) is 0.588. The lowest BCUT2D eigenvalue weighted by Gasteiger charge is -2.35. The number of urea groups is 1. The summed E-state index contributed by atoms with van der Waals surface area (Å²) in [6.07, 6.45) is 1.75.